The normalized spacial score (nSPS) is 15.6. The molecule has 0 saturated carbocycles. The average molecular weight is 732 g/mol. The van der Waals surface area contributed by atoms with Gasteiger partial charge < -0.3 is 0 Å². The summed E-state index contributed by atoms with van der Waals surface area (Å²) in [6.45, 7) is 14.3. The minimum Gasteiger partial charge on any atom is -0.256 e. The molecule has 1 heterocycles. The Bertz CT molecular complexity index is 2980. The van der Waals surface area contributed by atoms with E-state index in [1.165, 1.54) is 100 Å². The van der Waals surface area contributed by atoms with Gasteiger partial charge in [0.2, 0.25) is 0 Å². The van der Waals surface area contributed by atoms with E-state index in [2.05, 4.69) is 198 Å². The molecular formula is C56H45N. The van der Waals surface area contributed by atoms with Crippen molar-refractivity contribution < 1.29 is 0 Å². The molecule has 274 valence electrons. The Hall–Kier alpha value is -6.31. The maximum atomic E-state index is 4.69. The van der Waals surface area contributed by atoms with Crippen molar-refractivity contribution in [2.45, 2.75) is 57.8 Å². The highest BCUT2D eigenvalue weighted by Crippen LogP contribution is 2.54. The second-order valence-corrected chi connectivity index (χ2v) is 18.0. The van der Waals surface area contributed by atoms with E-state index in [0.717, 1.165) is 11.3 Å². The number of hydrogen-bond donors (Lipinski definition) is 0. The van der Waals surface area contributed by atoms with Crippen LogP contribution in [-0.4, -0.2) is 4.98 Å². The van der Waals surface area contributed by atoms with Crippen LogP contribution >= 0.6 is 0 Å². The fourth-order valence-electron chi connectivity index (χ4n) is 10.5. The highest BCUT2D eigenvalue weighted by molar-refractivity contribution is 5.91. The lowest BCUT2D eigenvalue weighted by atomic mass is 9.79. The van der Waals surface area contributed by atoms with Crippen molar-refractivity contribution in [1.29, 1.82) is 0 Å². The number of fused-ring (bicyclic) bond motifs is 9. The second-order valence-electron chi connectivity index (χ2n) is 18.0. The van der Waals surface area contributed by atoms with Gasteiger partial charge in [-0.3, -0.25) is 4.98 Å². The summed E-state index contributed by atoms with van der Waals surface area (Å²) in [4.78, 5) is 4.69. The zero-order valence-corrected chi connectivity index (χ0v) is 33.5. The summed E-state index contributed by atoms with van der Waals surface area (Å²) in [6.07, 6.45) is 1.87. The summed E-state index contributed by atoms with van der Waals surface area (Å²) in [5, 5.41) is 0. The molecule has 0 fully saturated rings. The maximum Gasteiger partial charge on any atom is 0.0708 e. The zero-order valence-electron chi connectivity index (χ0n) is 33.5. The third kappa shape index (κ3) is 4.85. The van der Waals surface area contributed by atoms with Crippen LogP contribution in [0.2, 0.25) is 0 Å². The molecule has 11 rings (SSSR count). The molecule has 0 saturated heterocycles. The molecule has 0 radical (unpaired) electrons. The smallest absolute Gasteiger partial charge is 0.0708 e. The number of pyridine rings is 1. The van der Waals surface area contributed by atoms with Gasteiger partial charge in [0.25, 0.3) is 0 Å². The van der Waals surface area contributed by atoms with Crippen molar-refractivity contribution in [3.63, 3.8) is 0 Å². The first-order valence-corrected chi connectivity index (χ1v) is 20.4. The molecule has 0 unspecified atom stereocenters. The van der Waals surface area contributed by atoms with Gasteiger partial charge in [0.15, 0.2) is 0 Å². The predicted octanol–water partition coefficient (Wildman–Crippen LogP) is 14.7. The molecule has 0 N–H and O–H groups in total. The Morgan fingerprint density at radius 1 is 0.281 bits per heavy atom. The molecule has 0 spiro atoms. The van der Waals surface area contributed by atoms with E-state index >= 15 is 0 Å². The van der Waals surface area contributed by atoms with Gasteiger partial charge in [-0.05, 0) is 143 Å². The first-order valence-electron chi connectivity index (χ1n) is 20.4. The summed E-state index contributed by atoms with van der Waals surface area (Å²) < 4.78 is 0. The minimum absolute atomic E-state index is 0.0181. The number of aromatic nitrogens is 1. The van der Waals surface area contributed by atoms with Crippen LogP contribution in [0.25, 0.3) is 78.0 Å². The Morgan fingerprint density at radius 3 is 1.05 bits per heavy atom. The SMILES string of the molecule is CC1(C)c2ccccc2-c2ccc(-c3ccc4c(c3)C(C)(C)c3cc(-c5ccc6c(c5)C(C)(C)c5cc(-c7ccccc7-c7ccccn7)ccc5-6)ccc3-4)cc21. The van der Waals surface area contributed by atoms with Crippen LogP contribution in [0.1, 0.15) is 74.9 Å². The highest BCUT2D eigenvalue weighted by Gasteiger charge is 2.39. The predicted molar refractivity (Wildman–Crippen MR) is 239 cm³/mol. The van der Waals surface area contributed by atoms with Crippen LogP contribution in [0.4, 0.5) is 0 Å². The van der Waals surface area contributed by atoms with Gasteiger partial charge in [-0.25, -0.2) is 0 Å². The van der Waals surface area contributed by atoms with E-state index in [-0.39, 0.29) is 16.2 Å². The van der Waals surface area contributed by atoms with Crippen LogP contribution in [0.5, 0.6) is 0 Å². The van der Waals surface area contributed by atoms with E-state index < -0.39 is 0 Å². The molecule has 7 aromatic carbocycles. The maximum absolute atomic E-state index is 4.69. The first kappa shape index (κ1) is 34.0. The molecule has 0 atom stereocenters. The molecule has 3 aliphatic rings. The molecule has 1 aromatic heterocycles. The van der Waals surface area contributed by atoms with Gasteiger partial charge in [0.1, 0.15) is 0 Å². The molecule has 3 aliphatic carbocycles. The van der Waals surface area contributed by atoms with Gasteiger partial charge in [-0.1, -0.05) is 157 Å². The monoisotopic (exact) mass is 731 g/mol. The van der Waals surface area contributed by atoms with Crippen LogP contribution < -0.4 is 0 Å². The summed E-state index contributed by atoms with van der Waals surface area (Å²) >= 11 is 0. The molecule has 1 heteroatoms. The fraction of sp³-hybridized carbons (Fsp3) is 0.161. The molecule has 8 aromatic rings. The van der Waals surface area contributed by atoms with Crippen molar-refractivity contribution in [3.8, 4) is 78.0 Å². The van der Waals surface area contributed by atoms with E-state index in [1.807, 2.05) is 12.3 Å². The third-order valence-electron chi connectivity index (χ3n) is 13.8. The van der Waals surface area contributed by atoms with Gasteiger partial charge in [-0.2, -0.15) is 0 Å². The van der Waals surface area contributed by atoms with E-state index in [4.69, 9.17) is 0 Å². The van der Waals surface area contributed by atoms with Crippen molar-refractivity contribution in [2.24, 2.45) is 0 Å². The van der Waals surface area contributed by atoms with Crippen molar-refractivity contribution in [1.82, 2.24) is 4.98 Å². The molecular weight excluding hydrogens is 687 g/mol. The average Bonchev–Trinajstić information content (AvgIpc) is 3.72. The van der Waals surface area contributed by atoms with Crippen molar-refractivity contribution in [2.75, 3.05) is 0 Å². The lowest BCUT2D eigenvalue weighted by Crippen LogP contribution is -2.16. The lowest BCUT2D eigenvalue weighted by Gasteiger charge is -2.24. The summed E-state index contributed by atoms with van der Waals surface area (Å²) in [5.74, 6) is 0. The van der Waals surface area contributed by atoms with E-state index in [0.29, 0.717) is 0 Å². The standard InChI is InChI=1S/C56H45N/c1-54(2)47-16-10-9-14-40(47)41-23-18-34(29-48(41)54)35-19-24-42-43-25-20-36(31-50(43)55(3,4)49(42)30-35)37-21-26-44-45-27-22-38(33-52(45)56(5,6)51(44)32-37)39-13-7-8-15-46(39)53-17-11-12-28-57-53/h7-33H,1-6H3. The van der Waals surface area contributed by atoms with Crippen molar-refractivity contribution >= 4 is 0 Å². The largest absolute Gasteiger partial charge is 0.256 e. The molecule has 0 aliphatic heterocycles. The minimum atomic E-state index is -0.144. The number of benzene rings is 7. The molecule has 1 nitrogen and oxygen atoms in total. The summed E-state index contributed by atoms with van der Waals surface area (Å²) in [7, 11) is 0. The van der Waals surface area contributed by atoms with Gasteiger partial charge in [-0.15, -0.1) is 0 Å². The fourth-order valence-corrected chi connectivity index (χ4v) is 10.5. The zero-order chi connectivity index (χ0) is 38.8. The van der Waals surface area contributed by atoms with Crippen LogP contribution in [0.3, 0.4) is 0 Å². The Morgan fingerprint density at radius 2 is 0.614 bits per heavy atom. The van der Waals surface area contributed by atoms with Gasteiger partial charge >= 0.3 is 0 Å². The molecule has 0 bridgehead atoms. The number of nitrogens with zero attached hydrogens (tertiary/aromatic N) is 1. The Labute approximate surface area is 336 Å². The van der Waals surface area contributed by atoms with Gasteiger partial charge in [0, 0.05) is 28.0 Å². The topological polar surface area (TPSA) is 12.9 Å². The van der Waals surface area contributed by atoms with Crippen molar-refractivity contribution in [3.05, 3.63) is 197 Å². The lowest BCUT2D eigenvalue weighted by molar-refractivity contribution is 0.659. The number of rotatable bonds is 4. The molecule has 57 heavy (non-hydrogen) atoms. The van der Waals surface area contributed by atoms with Crippen LogP contribution in [0, 0.1) is 0 Å². The Balaban J connectivity index is 0.925. The first-order chi connectivity index (χ1) is 27.5. The summed E-state index contributed by atoms with van der Waals surface area (Å²) in [6, 6.07) is 59.3. The second kappa shape index (κ2) is 11.9. The quantitative estimate of drug-likeness (QED) is 0.176. The van der Waals surface area contributed by atoms with E-state index in [9.17, 15) is 0 Å². The van der Waals surface area contributed by atoms with Crippen LogP contribution in [0.15, 0.2) is 164 Å². The third-order valence-corrected chi connectivity index (χ3v) is 13.8. The van der Waals surface area contributed by atoms with Gasteiger partial charge in [0.05, 0.1) is 5.69 Å². The summed E-state index contributed by atoms with van der Waals surface area (Å²) in [5.41, 5.74) is 25.9. The van der Waals surface area contributed by atoms with Crippen LogP contribution in [-0.2, 0) is 16.2 Å². The highest BCUT2D eigenvalue weighted by atomic mass is 14.7. The van der Waals surface area contributed by atoms with E-state index in [1.54, 1.807) is 0 Å². The molecule has 0 amide bonds. The Kier molecular flexibility index (Phi) is 7.07. The number of hydrogen-bond acceptors (Lipinski definition) is 1.